The molecule has 2 aliphatic heterocycles. The Morgan fingerprint density at radius 3 is 2.67 bits per heavy atom. The molecule has 7 heteroatoms. The van der Waals surface area contributed by atoms with Crippen molar-refractivity contribution in [3.63, 3.8) is 0 Å². The number of nitrogens with zero attached hydrogens (tertiary/aromatic N) is 1. The maximum absolute atomic E-state index is 12.6. The molecule has 132 valence electrons. The first-order valence-electron chi connectivity index (χ1n) is 8.16. The number of nitrogens with one attached hydrogen (secondary N) is 2. The molecule has 0 radical (unpaired) electrons. The van der Waals surface area contributed by atoms with Crippen molar-refractivity contribution in [2.45, 2.75) is 31.5 Å². The predicted molar refractivity (Wildman–Crippen MR) is 92.9 cm³/mol. The zero-order chi connectivity index (χ0) is 16.1. The van der Waals surface area contributed by atoms with E-state index >= 15 is 0 Å². The monoisotopic (exact) mass is 353 g/mol. The molecule has 2 fully saturated rings. The molecule has 1 aromatic carbocycles. The van der Waals surface area contributed by atoms with Crippen LogP contribution >= 0.6 is 12.4 Å². The maximum Gasteiger partial charge on any atom is 0.249 e. The second kappa shape index (κ2) is 9.01. The van der Waals surface area contributed by atoms with E-state index in [-0.39, 0.29) is 43.5 Å². The molecule has 1 atom stereocenters. The molecule has 2 N–H and O–H groups in total. The molecular formula is C17H24ClN3O3. The minimum atomic E-state index is -0.550. The Bertz CT molecular complexity index is 549. The zero-order valence-electron chi connectivity index (χ0n) is 13.6. The third kappa shape index (κ3) is 4.69. The number of morpholine rings is 1. The lowest BCUT2D eigenvalue weighted by Gasteiger charge is -2.36. The Kier molecular flexibility index (Phi) is 7.02. The van der Waals surface area contributed by atoms with Gasteiger partial charge in [0.05, 0.1) is 6.61 Å². The summed E-state index contributed by atoms with van der Waals surface area (Å²) in [5.41, 5.74) is 1.02. The van der Waals surface area contributed by atoms with Crippen LogP contribution in [0.15, 0.2) is 30.3 Å². The second-order valence-electron chi connectivity index (χ2n) is 6.07. The fraction of sp³-hybridized carbons (Fsp3) is 0.529. The largest absolute Gasteiger partial charge is 0.369 e. The summed E-state index contributed by atoms with van der Waals surface area (Å²) < 4.78 is 5.31. The molecule has 6 nitrogen and oxygen atoms in total. The number of ether oxygens (including phenoxy) is 1. The highest BCUT2D eigenvalue weighted by Crippen LogP contribution is 2.14. The number of halogens is 1. The number of benzene rings is 1. The van der Waals surface area contributed by atoms with E-state index in [1.165, 1.54) is 0 Å². The normalized spacial score (nSPS) is 21.9. The SMILES string of the molecule is Cl.O=C(NC1CCNCC1)[C@H]1COCC(=O)N1Cc1ccccc1. The summed E-state index contributed by atoms with van der Waals surface area (Å²) in [5.74, 6) is -0.244. The fourth-order valence-electron chi connectivity index (χ4n) is 3.06. The van der Waals surface area contributed by atoms with Gasteiger partial charge < -0.3 is 20.3 Å². The van der Waals surface area contributed by atoms with E-state index in [0.717, 1.165) is 31.5 Å². The van der Waals surface area contributed by atoms with Gasteiger partial charge in [0.1, 0.15) is 12.6 Å². The Balaban J connectivity index is 0.00000208. The van der Waals surface area contributed by atoms with Crippen LogP contribution in [0.3, 0.4) is 0 Å². The number of hydrogen-bond donors (Lipinski definition) is 2. The van der Waals surface area contributed by atoms with Gasteiger partial charge in [-0.15, -0.1) is 12.4 Å². The summed E-state index contributed by atoms with van der Waals surface area (Å²) in [6, 6.07) is 9.36. The Morgan fingerprint density at radius 2 is 1.96 bits per heavy atom. The lowest BCUT2D eigenvalue weighted by Crippen LogP contribution is -2.58. The van der Waals surface area contributed by atoms with Crippen molar-refractivity contribution >= 4 is 24.2 Å². The molecule has 2 amide bonds. The van der Waals surface area contributed by atoms with Crippen molar-refractivity contribution in [1.29, 1.82) is 0 Å². The molecule has 1 aromatic rings. The van der Waals surface area contributed by atoms with Crippen LogP contribution in [0.5, 0.6) is 0 Å². The molecule has 0 bridgehead atoms. The quantitative estimate of drug-likeness (QED) is 0.836. The summed E-state index contributed by atoms with van der Waals surface area (Å²) in [5, 5.41) is 6.35. The number of carbonyl (C=O) groups excluding carboxylic acids is 2. The highest BCUT2D eigenvalue weighted by Gasteiger charge is 2.34. The Labute approximate surface area is 148 Å². The van der Waals surface area contributed by atoms with Gasteiger partial charge in [-0.3, -0.25) is 9.59 Å². The van der Waals surface area contributed by atoms with E-state index < -0.39 is 6.04 Å². The van der Waals surface area contributed by atoms with Crippen LogP contribution in [0.1, 0.15) is 18.4 Å². The second-order valence-corrected chi connectivity index (χ2v) is 6.07. The summed E-state index contributed by atoms with van der Waals surface area (Å²) in [4.78, 5) is 26.5. The summed E-state index contributed by atoms with van der Waals surface area (Å²) in [7, 11) is 0. The first-order valence-corrected chi connectivity index (χ1v) is 8.16. The highest BCUT2D eigenvalue weighted by atomic mass is 35.5. The molecular weight excluding hydrogens is 330 g/mol. The third-order valence-corrected chi connectivity index (χ3v) is 4.38. The van der Waals surface area contributed by atoms with Gasteiger partial charge in [0.25, 0.3) is 0 Å². The Hall–Kier alpha value is -1.63. The van der Waals surface area contributed by atoms with Crippen LogP contribution in [-0.4, -0.2) is 55.1 Å². The summed E-state index contributed by atoms with van der Waals surface area (Å²) in [6.45, 7) is 2.57. The molecule has 0 aliphatic carbocycles. The van der Waals surface area contributed by atoms with E-state index in [0.29, 0.717) is 6.54 Å². The van der Waals surface area contributed by atoms with Gasteiger partial charge in [0.15, 0.2) is 0 Å². The van der Waals surface area contributed by atoms with E-state index in [9.17, 15) is 9.59 Å². The van der Waals surface area contributed by atoms with Gasteiger partial charge in [0.2, 0.25) is 11.8 Å². The van der Waals surface area contributed by atoms with Crippen molar-refractivity contribution in [2.75, 3.05) is 26.3 Å². The molecule has 3 rings (SSSR count). The Morgan fingerprint density at radius 1 is 1.25 bits per heavy atom. The van der Waals surface area contributed by atoms with E-state index in [2.05, 4.69) is 10.6 Å². The van der Waals surface area contributed by atoms with Crippen LogP contribution < -0.4 is 10.6 Å². The van der Waals surface area contributed by atoms with Gasteiger partial charge in [-0.1, -0.05) is 30.3 Å². The highest BCUT2D eigenvalue weighted by molar-refractivity contribution is 5.89. The average Bonchev–Trinajstić information content (AvgIpc) is 2.58. The van der Waals surface area contributed by atoms with E-state index in [1.807, 2.05) is 30.3 Å². The first kappa shape index (κ1) is 18.7. The van der Waals surface area contributed by atoms with Gasteiger partial charge in [-0.25, -0.2) is 0 Å². The topological polar surface area (TPSA) is 70.7 Å². The minimum absolute atomic E-state index is 0. The molecule has 24 heavy (non-hydrogen) atoms. The standard InChI is InChI=1S/C17H23N3O3.ClH/c21-16-12-23-11-15(17(22)19-14-6-8-18-9-7-14)20(16)10-13-4-2-1-3-5-13;/h1-5,14-15,18H,6-12H2,(H,19,22);1H/t15-;/m1./s1. The predicted octanol–water partition coefficient (Wildman–Crippen LogP) is 0.704. The number of hydrogen-bond acceptors (Lipinski definition) is 4. The maximum atomic E-state index is 12.6. The third-order valence-electron chi connectivity index (χ3n) is 4.38. The van der Waals surface area contributed by atoms with Crippen LogP contribution in [0, 0.1) is 0 Å². The van der Waals surface area contributed by atoms with E-state index in [1.54, 1.807) is 4.90 Å². The first-order chi connectivity index (χ1) is 11.2. The minimum Gasteiger partial charge on any atom is -0.369 e. The average molecular weight is 354 g/mol. The van der Waals surface area contributed by atoms with Crippen LogP contribution in [0.4, 0.5) is 0 Å². The molecule has 2 aliphatic rings. The van der Waals surface area contributed by atoms with Crippen LogP contribution in [-0.2, 0) is 20.9 Å². The molecule has 0 saturated carbocycles. The smallest absolute Gasteiger partial charge is 0.249 e. The zero-order valence-corrected chi connectivity index (χ0v) is 14.4. The van der Waals surface area contributed by atoms with Crippen LogP contribution in [0.25, 0.3) is 0 Å². The molecule has 2 saturated heterocycles. The van der Waals surface area contributed by atoms with Crippen molar-refractivity contribution in [2.24, 2.45) is 0 Å². The van der Waals surface area contributed by atoms with Crippen LogP contribution in [0.2, 0.25) is 0 Å². The lowest BCUT2D eigenvalue weighted by atomic mass is 10.1. The van der Waals surface area contributed by atoms with Crippen molar-refractivity contribution in [1.82, 2.24) is 15.5 Å². The van der Waals surface area contributed by atoms with Gasteiger partial charge in [-0.05, 0) is 31.5 Å². The molecule has 0 spiro atoms. The molecule has 2 heterocycles. The molecule has 0 aromatic heterocycles. The van der Waals surface area contributed by atoms with Gasteiger partial charge in [0, 0.05) is 12.6 Å². The fourth-order valence-corrected chi connectivity index (χ4v) is 3.06. The van der Waals surface area contributed by atoms with Gasteiger partial charge in [-0.2, -0.15) is 0 Å². The number of carbonyl (C=O) groups is 2. The number of rotatable bonds is 4. The van der Waals surface area contributed by atoms with E-state index in [4.69, 9.17) is 4.74 Å². The number of amides is 2. The summed E-state index contributed by atoms with van der Waals surface area (Å²) >= 11 is 0. The van der Waals surface area contributed by atoms with Crippen molar-refractivity contribution < 1.29 is 14.3 Å². The number of piperidine rings is 1. The van der Waals surface area contributed by atoms with Crippen molar-refractivity contribution in [3.05, 3.63) is 35.9 Å². The molecule has 0 unspecified atom stereocenters. The van der Waals surface area contributed by atoms with Crippen molar-refractivity contribution in [3.8, 4) is 0 Å². The lowest BCUT2D eigenvalue weighted by molar-refractivity contribution is -0.156. The summed E-state index contributed by atoms with van der Waals surface area (Å²) in [6.07, 6.45) is 1.85. The van der Waals surface area contributed by atoms with Gasteiger partial charge >= 0.3 is 0 Å².